The van der Waals surface area contributed by atoms with E-state index in [1.54, 1.807) is 13.0 Å². The number of likely N-dealkylation sites (N-methyl/N-ethyl adjacent to an activating group) is 1. The van der Waals surface area contributed by atoms with Gasteiger partial charge in [0.05, 0.1) is 11.8 Å². The molecule has 2 rings (SSSR count). The number of rotatable bonds is 12. The number of aryl methyl sites for hydroxylation is 1. The number of carbonyl (C=O) groups is 1. The standard InChI is InChI=1S/C31H38ClN3O/c1-8-24-11-13-25(14-12-24)20-34-22(5)30(29(33)10-3)31(26-15-17-27(32)18-16-26)35(7)28(9-2)19-21(4)23(6)36/h9-19,31,33-34H,3,8,20H2,1-2,4-7H3/b21-19-,28-9+,30-22+,33-29?. The fraction of sp³-hybridized carbons (Fsp3) is 0.290. The van der Waals surface area contributed by atoms with E-state index in [9.17, 15) is 4.79 Å². The highest BCUT2D eigenvalue weighted by atomic mass is 35.5. The number of allylic oxidation sites excluding steroid dienone is 5. The molecule has 0 aliphatic carbocycles. The van der Waals surface area contributed by atoms with Crippen LogP contribution < -0.4 is 5.32 Å². The number of hydrogen-bond donors (Lipinski definition) is 2. The maximum absolute atomic E-state index is 12.0. The van der Waals surface area contributed by atoms with Crippen molar-refractivity contribution >= 4 is 23.1 Å². The summed E-state index contributed by atoms with van der Waals surface area (Å²) in [7, 11) is 1.98. The van der Waals surface area contributed by atoms with Gasteiger partial charge in [-0.25, -0.2) is 0 Å². The average molecular weight is 504 g/mol. The summed E-state index contributed by atoms with van der Waals surface area (Å²) in [6, 6.07) is 15.9. The van der Waals surface area contributed by atoms with Crippen LogP contribution >= 0.6 is 11.6 Å². The fourth-order valence-electron chi connectivity index (χ4n) is 3.98. The Morgan fingerprint density at radius 1 is 1.08 bits per heavy atom. The van der Waals surface area contributed by atoms with Crippen LogP contribution in [-0.4, -0.2) is 23.4 Å². The Morgan fingerprint density at radius 2 is 1.67 bits per heavy atom. The van der Waals surface area contributed by atoms with Crippen LogP contribution in [0.15, 0.2) is 95.9 Å². The first-order valence-electron chi connectivity index (χ1n) is 12.2. The molecule has 1 unspecified atom stereocenters. The number of Topliss-reactive ketones (excluding diaryl/α,β-unsaturated/α-hetero) is 1. The Balaban J connectivity index is 2.60. The van der Waals surface area contributed by atoms with Crippen LogP contribution in [0.5, 0.6) is 0 Å². The van der Waals surface area contributed by atoms with Crippen molar-refractivity contribution in [2.24, 2.45) is 0 Å². The van der Waals surface area contributed by atoms with Crippen molar-refractivity contribution < 1.29 is 4.79 Å². The van der Waals surface area contributed by atoms with Crippen LogP contribution in [-0.2, 0) is 17.8 Å². The van der Waals surface area contributed by atoms with Gasteiger partial charge in [0, 0.05) is 35.6 Å². The molecule has 0 aliphatic heterocycles. The van der Waals surface area contributed by atoms with Crippen LogP contribution in [0.2, 0.25) is 5.02 Å². The number of nitrogens with one attached hydrogen (secondary N) is 2. The van der Waals surface area contributed by atoms with Crippen LogP contribution in [0, 0.1) is 5.41 Å². The molecule has 1 atom stereocenters. The van der Waals surface area contributed by atoms with Crippen molar-refractivity contribution in [3.8, 4) is 0 Å². The van der Waals surface area contributed by atoms with Crippen molar-refractivity contribution in [2.75, 3.05) is 7.05 Å². The molecule has 0 radical (unpaired) electrons. The third-order valence-electron chi connectivity index (χ3n) is 6.36. The summed E-state index contributed by atoms with van der Waals surface area (Å²) < 4.78 is 0. The minimum absolute atomic E-state index is 0.0207. The van der Waals surface area contributed by atoms with E-state index in [4.69, 9.17) is 17.0 Å². The molecule has 0 fully saturated rings. The fourth-order valence-corrected chi connectivity index (χ4v) is 4.10. The molecule has 2 N–H and O–H groups in total. The Bertz CT molecular complexity index is 1170. The molecule has 0 saturated carbocycles. The lowest BCUT2D eigenvalue weighted by Crippen LogP contribution is -2.30. The van der Waals surface area contributed by atoms with Gasteiger partial charge in [-0.05, 0) is 80.7 Å². The SMILES string of the molecule is C=CC(=N)/C(=C(/C)NCc1ccc(CC)cc1)C(c1ccc(Cl)cc1)N(C)C(/C=C(/C)C(C)=O)=C/C. The summed E-state index contributed by atoms with van der Waals surface area (Å²) >= 11 is 6.21. The highest BCUT2D eigenvalue weighted by Crippen LogP contribution is 2.34. The van der Waals surface area contributed by atoms with Crippen molar-refractivity contribution in [1.29, 1.82) is 5.41 Å². The Labute approximate surface area is 221 Å². The first-order chi connectivity index (χ1) is 17.1. The van der Waals surface area contributed by atoms with Gasteiger partial charge in [0.15, 0.2) is 5.78 Å². The molecule has 0 bridgehead atoms. The Hall–Kier alpha value is -3.37. The number of hydrogen-bond acceptors (Lipinski definition) is 4. The van der Waals surface area contributed by atoms with Crippen molar-refractivity contribution in [2.45, 2.75) is 53.6 Å². The van der Waals surface area contributed by atoms with Gasteiger partial charge in [0.25, 0.3) is 0 Å². The van der Waals surface area contributed by atoms with Gasteiger partial charge in [-0.15, -0.1) is 0 Å². The monoisotopic (exact) mass is 503 g/mol. The van der Waals surface area contributed by atoms with E-state index in [1.807, 2.05) is 64.2 Å². The third-order valence-corrected chi connectivity index (χ3v) is 6.61. The lowest BCUT2D eigenvalue weighted by molar-refractivity contribution is -0.113. The molecule has 2 aromatic carbocycles. The molecular weight excluding hydrogens is 466 g/mol. The van der Waals surface area contributed by atoms with E-state index in [-0.39, 0.29) is 11.8 Å². The molecule has 0 aliphatic rings. The Kier molecular flexibility index (Phi) is 10.9. The molecule has 0 aromatic heterocycles. The molecule has 0 amide bonds. The second kappa shape index (κ2) is 13.6. The predicted octanol–water partition coefficient (Wildman–Crippen LogP) is 7.58. The minimum atomic E-state index is -0.315. The molecular formula is C31H38ClN3O. The van der Waals surface area contributed by atoms with Crippen molar-refractivity contribution in [3.63, 3.8) is 0 Å². The van der Waals surface area contributed by atoms with Crippen LogP contribution in [0.1, 0.15) is 57.4 Å². The number of nitrogens with zero attached hydrogens (tertiary/aromatic N) is 1. The maximum atomic E-state index is 12.0. The molecule has 0 heterocycles. The smallest absolute Gasteiger partial charge is 0.155 e. The summed E-state index contributed by atoms with van der Waals surface area (Å²) in [6.07, 6.45) is 6.44. The van der Waals surface area contributed by atoms with Crippen LogP contribution in [0.3, 0.4) is 0 Å². The summed E-state index contributed by atoms with van der Waals surface area (Å²) in [4.78, 5) is 14.0. The van der Waals surface area contributed by atoms with E-state index in [0.29, 0.717) is 22.9 Å². The topological polar surface area (TPSA) is 56.2 Å². The third kappa shape index (κ3) is 7.56. The van der Waals surface area contributed by atoms with Gasteiger partial charge in [0.2, 0.25) is 0 Å². The lowest BCUT2D eigenvalue weighted by Gasteiger charge is -2.34. The average Bonchev–Trinajstić information content (AvgIpc) is 2.88. The molecule has 5 heteroatoms. The summed E-state index contributed by atoms with van der Waals surface area (Å²) in [5.41, 5.74) is 7.00. The van der Waals surface area contributed by atoms with E-state index in [1.165, 1.54) is 11.1 Å². The second-order valence-corrected chi connectivity index (χ2v) is 9.28. The van der Waals surface area contributed by atoms with Gasteiger partial charge in [-0.3, -0.25) is 4.79 Å². The normalized spacial score (nSPS) is 13.5. The summed E-state index contributed by atoms with van der Waals surface area (Å²) in [5, 5.41) is 13.0. The van der Waals surface area contributed by atoms with Crippen molar-refractivity contribution in [3.05, 3.63) is 118 Å². The molecule has 190 valence electrons. The summed E-state index contributed by atoms with van der Waals surface area (Å²) in [6.45, 7) is 14.0. The van der Waals surface area contributed by atoms with Gasteiger partial charge in [0.1, 0.15) is 0 Å². The zero-order valence-electron chi connectivity index (χ0n) is 22.3. The van der Waals surface area contributed by atoms with Gasteiger partial charge in [-0.1, -0.05) is 67.6 Å². The van der Waals surface area contributed by atoms with E-state index in [0.717, 1.165) is 29.0 Å². The molecule has 0 spiro atoms. The number of carbonyl (C=O) groups excluding carboxylic acids is 1. The lowest BCUT2D eigenvalue weighted by atomic mass is 9.91. The zero-order chi connectivity index (χ0) is 26.8. The highest BCUT2D eigenvalue weighted by molar-refractivity contribution is 6.30. The first kappa shape index (κ1) is 28.9. The van der Waals surface area contributed by atoms with Gasteiger partial charge >= 0.3 is 0 Å². The van der Waals surface area contributed by atoms with Gasteiger partial charge in [-0.2, -0.15) is 0 Å². The second-order valence-electron chi connectivity index (χ2n) is 8.84. The number of halogens is 1. The van der Waals surface area contributed by atoms with Crippen molar-refractivity contribution in [1.82, 2.24) is 10.2 Å². The van der Waals surface area contributed by atoms with Crippen LogP contribution in [0.4, 0.5) is 0 Å². The molecule has 2 aromatic rings. The maximum Gasteiger partial charge on any atom is 0.155 e. The predicted molar refractivity (Wildman–Crippen MR) is 153 cm³/mol. The quantitative estimate of drug-likeness (QED) is 0.178. The number of benzene rings is 2. The molecule has 0 saturated heterocycles. The highest BCUT2D eigenvalue weighted by Gasteiger charge is 2.27. The zero-order valence-corrected chi connectivity index (χ0v) is 23.0. The van der Waals surface area contributed by atoms with E-state index >= 15 is 0 Å². The molecule has 36 heavy (non-hydrogen) atoms. The molecule has 4 nitrogen and oxygen atoms in total. The van der Waals surface area contributed by atoms with E-state index < -0.39 is 0 Å². The van der Waals surface area contributed by atoms with Gasteiger partial charge < -0.3 is 15.6 Å². The Morgan fingerprint density at radius 3 is 2.17 bits per heavy atom. The minimum Gasteiger partial charge on any atom is -0.384 e. The first-order valence-corrected chi connectivity index (χ1v) is 12.6. The summed E-state index contributed by atoms with van der Waals surface area (Å²) in [5.74, 6) is 0.0207. The van der Waals surface area contributed by atoms with Crippen LogP contribution in [0.25, 0.3) is 0 Å². The number of ketones is 1. The van der Waals surface area contributed by atoms with E-state index in [2.05, 4.69) is 48.0 Å². The largest absolute Gasteiger partial charge is 0.384 e.